The van der Waals surface area contributed by atoms with E-state index in [1.54, 1.807) is 23.0 Å². The molecule has 0 bridgehead atoms. The molecule has 2 N–H and O–H groups in total. The summed E-state index contributed by atoms with van der Waals surface area (Å²) in [4.78, 5) is 1.30. The van der Waals surface area contributed by atoms with Crippen LogP contribution in [0, 0.1) is 5.82 Å². The van der Waals surface area contributed by atoms with Gasteiger partial charge < -0.3 is 10.5 Å². The third kappa shape index (κ3) is 4.45. The molecule has 0 aliphatic heterocycles. The van der Waals surface area contributed by atoms with E-state index in [0.717, 1.165) is 33.2 Å². The lowest BCUT2D eigenvalue weighted by Gasteiger charge is -2.23. The topological polar surface area (TPSA) is 53.1 Å². The summed E-state index contributed by atoms with van der Waals surface area (Å²) < 4.78 is 21.3. The van der Waals surface area contributed by atoms with Gasteiger partial charge in [-0.1, -0.05) is 12.1 Å². The van der Waals surface area contributed by atoms with Crippen molar-refractivity contribution in [2.24, 2.45) is 5.73 Å². The van der Waals surface area contributed by atoms with Gasteiger partial charge in [-0.2, -0.15) is 5.10 Å². The van der Waals surface area contributed by atoms with Crippen molar-refractivity contribution in [1.82, 2.24) is 9.78 Å². The number of hydrogen-bond donors (Lipinski definition) is 1. The van der Waals surface area contributed by atoms with E-state index in [2.05, 4.69) is 29.4 Å². The first-order valence-corrected chi connectivity index (χ1v) is 11.4. The SMILES string of the molecule is C[C@H](N)[C@H](Oc1ccc2c(cnn2-c2ccc(F)cc2)c1)c1ccc(SC2CC2)cc1. The minimum Gasteiger partial charge on any atom is -0.484 e. The Balaban J connectivity index is 1.38. The molecule has 0 spiro atoms. The first kappa shape index (κ1) is 20.1. The van der Waals surface area contributed by atoms with Crippen molar-refractivity contribution in [3.63, 3.8) is 0 Å². The summed E-state index contributed by atoms with van der Waals surface area (Å²) in [5.74, 6) is 0.474. The Morgan fingerprint density at radius 1 is 1.06 bits per heavy atom. The van der Waals surface area contributed by atoms with Crippen LogP contribution in [0.2, 0.25) is 0 Å². The summed E-state index contributed by atoms with van der Waals surface area (Å²) in [7, 11) is 0. The van der Waals surface area contributed by atoms with Crippen molar-refractivity contribution in [3.05, 3.63) is 84.3 Å². The Labute approximate surface area is 185 Å². The standard InChI is InChI=1S/C25H24FN3OS/c1-16(27)25(17-2-9-22(10-3-17)31-23-11-12-23)30-21-8-13-24-18(14-21)15-28-29(24)20-6-4-19(26)5-7-20/h2-10,13-16,23,25H,11-12,27H2,1H3/t16-,25-/m0/s1. The molecule has 31 heavy (non-hydrogen) atoms. The van der Waals surface area contributed by atoms with Crippen molar-refractivity contribution >= 4 is 22.7 Å². The molecule has 1 heterocycles. The highest BCUT2D eigenvalue weighted by Gasteiger charge is 2.23. The molecule has 1 aliphatic rings. The highest BCUT2D eigenvalue weighted by molar-refractivity contribution is 8.00. The Morgan fingerprint density at radius 3 is 2.48 bits per heavy atom. The number of fused-ring (bicyclic) bond motifs is 1. The van der Waals surface area contributed by atoms with Gasteiger partial charge in [-0.25, -0.2) is 9.07 Å². The number of hydrogen-bond acceptors (Lipinski definition) is 4. The minimum absolute atomic E-state index is 0.167. The lowest BCUT2D eigenvalue weighted by atomic mass is 10.0. The average Bonchev–Trinajstić information content (AvgIpc) is 3.49. The van der Waals surface area contributed by atoms with Crippen LogP contribution in [0.1, 0.15) is 31.4 Å². The first-order valence-electron chi connectivity index (χ1n) is 10.5. The Bertz CT molecular complexity index is 1180. The van der Waals surface area contributed by atoms with Gasteiger partial charge in [0.2, 0.25) is 0 Å². The zero-order chi connectivity index (χ0) is 21.4. The fraction of sp³-hybridized carbons (Fsp3) is 0.240. The fourth-order valence-corrected chi connectivity index (χ4v) is 4.66. The largest absolute Gasteiger partial charge is 0.484 e. The van der Waals surface area contributed by atoms with Gasteiger partial charge in [-0.05, 0) is 79.9 Å². The summed E-state index contributed by atoms with van der Waals surface area (Å²) in [5, 5.41) is 6.19. The Kier molecular flexibility index (Phi) is 5.42. The minimum atomic E-state index is -0.267. The molecule has 0 saturated heterocycles. The predicted octanol–water partition coefficient (Wildman–Crippen LogP) is 5.89. The van der Waals surface area contributed by atoms with Gasteiger partial charge in [0.1, 0.15) is 17.7 Å². The number of benzene rings is 3. The van der Waals surface area contributed by atoms with Crippen molar-refractivity contribution in [3.8, 4) is 11.4 Å². The van der Waals surface area contributed by atoms with Crippen molar-refractivity contribution < 1.29 is 9.13 Å². The van der Waals surface area contributed by atoms with E-state index in [-0.39, 0.29) is 18.0 Å². The zero-order valence-electron chi connectivity index (χ0n) is 17.2. The molecule has 158 valence electrons. The Morgan fingerprint density at radius 2 is 1.81 bits per heavy atom. The molecule has 5 rings (SSSR count). The molecule has 3 aromatic carbocycles. The summed E-state index contributed by atoms with van der Waals surface area (Å²) in [5.41, 5.74) is 9.08. The van der Waals surface area contributed by atoms with Crippen LogP contribution in [0.5, 0.6) is 5.75 Å². The molecule has 1 saturated carbocycles. The second kappa shape index (κ2) is 8.36. The van der Waals surface area contributed by atoms with E-state index >= 15 is 0 Å². The third-order valence-corrected chi connectivity index (χ3v) is 6.74. The van der Waals surface area contributed by atoms with Crippen LogP contribution < -0.4 is 10.5 Å². The summed E-state index contributed by atoms with van der Waals surface area (Å²) in [6.07, 6.45) is 4.18. The van der Waals surface area contributed by atoms with Gasteiger partial charge >= 0.3 is 0 Å². The maximum absolute atomic E-state index is 13.2. The smallest absolute Gasteiger partial charge is 0.138 e. The number of nitrogens with zero attached hydrogens (tertiary/aromatic N) is 2. The van der Waals surface area contributed by atoms with Crippen molar-refractivity contribution in [2.45, 2.75) is 42.1 Å². The van der Waals surface area contributed by atoms with Crippen molar-refractivity contribution in [2.75, 3.05) is 0 Å². The molecule has 0 unspecified atom stereocenters. The third-order valence-electron chi connectivity index (χ3n) is 5.39. The van der Waals surface area contributed by atoms with Gasteiger partial charge in [-0.15, -0.1) is 11.8 Å². The lowest BCUT2D eigenvalue weighted by Crippen LogP contribution is -2.29. The number of halogens is 1. The number of nitrogens with two attached hydrogens (primary N) is 1. The molecular formula is C25H24FN3OS. The van der Waals surface area contributed by atoms with E-state index in [9.17, 15) is 4.39 Å². The van der Waals surface area contributed by atoms with Crippen LogP contribution in [-0.4, -0.2) is 21.1 Å². The molecule has 4 aromatic rings. The van der Waals surface area contributed by atoms with Gasteiger partial charge in [0, 0.05) is 21.6 Å². The molecular weight excluding hydrogens is 409 g/mol. The van der Waals surface area contributed by atoms with Crippen LogP contribution in [0.4, 0.5) is 4.39 Å². The highest BCUT2D eigenvalue weighted by atomic mass is 32.2. The van der Waals surface area contributed by atoms with Crippen LogP contribution >= 0.6 is 11.8 Å². The number of aromatic nitrogens is 2. The number of rotatable bonds is 7. The summed E-state index contributed by atoms with van der Waals surface area (Å²) in [6, 6.07) is 20.5. The molecule has 4 nitrogen and oxygen atoms in total. The predicted molar refractivity (Wildman–Crippen MR) is 123 cm³/mol. The van der Waals surface area contributed by atoms with Crippen LogP contribution in [-0.2, 0) is 0 Å². The van der Waals surface area contributed by atoms with Crippen molar-refractivity contribution in [1.29, 1.82) is 0 Å². The van der Waals surface area contributed by atoms with Crippen LogP contribution in [0.25, 0.3) is 16.6 Å². The second-order valence-corrected chi connectivity index (χ2v) is 9.41. The van der Waals surface area contributed by atoms with E-state index in [4.69, 9.17) is 10.5 Å². The van der Waals surface area contributed by atoms with E-state index in [1.165, 1.54) is 29.9 Å². The molecule has 6 heteroatoms. The molecule has 1 aromatic heterocycles. The maximum atomic E-state index is 13.2. The van der Waals surface area contributed by atoms with Gasteiger partial charge in [-0.3, -0.25) is 0 Å². The monoisotopic (exact) mass is 433 g/mol. The fourth-order valence-electron chi connectivity index (χ4n) is 3.61. The zero-order valence-corrected chi connectivity index (χ0v) is 18.1. The molecule has 1 fully saturated rings. The Hall–Kier alpha value is -2.83. The normalized spacial score (nSPS) is 15.7. The quantitative estimate of drug-likeness (QED) is 0.395. The molecule has 2 atom stereocenters. The van der Waals surface area contributed by atoms with Crippen LogP contribution in [0.3, 0.4) is 0 Å². The maximum Gasteiger partial charge on any atom is 0.138 e. The van der Waals surface area contributed by atoms with Gasteiger partial charge in [0.25, 0.3) is 0 Å². The molecule has 1 aliphatic carbocycles. The first-order chi connectivity index (χ1) is 15.1. The van der Waals surface area contributed by atoms with E-state index < -0.39 is 0 Å². The van der Waals surface area contributed by atoms with E-state index in [1.807, 2.05) is 36.9 Å². The number of thioether (sulfide) groups is 1. The highest BCUT2D eigenvalue weighted by Crippen LogP contribution is 2.39. The van der Waals surface area contributed by atoms with E-state index in [0.29, 0.717) is 0 Å². The van der Waals surface area contributed by atoms with Gasteiger partial charge in [0.05, 0.1) is 17.4 Å². The number of ether oxygens (including phenoxy) is 1. The van der Waals surface area contributed by atoms with Gasteiger partial charge in [0.15, 0.2) is 0 Å². The molecule has 0 amide bonds. The van der Waals surface area contributed by atoms with Crippen LogP contribution in [0.15, 0.2) is 77.8 Å². The second-order valence-electron chi connectivity index (χ2n) is 8.04. The lowest BCUT2D eigenvalue weighted by molar-refractivity contribution is 0.180. The summed E-state index contributed by atoms with van der Waals surface area (Å²) >= 11 is 1.94. The summed E-state index contributed by atoms with van der Waals surface area (Å²) in [6.45, 7) is 1.96. The molecule has 0 radical (unpaired) electrons. The average molecular weight is 434 g/mol.